The van der Waals surface area contributed by atoms with Gasteiger partial charge in [0, 0.05) is 29.8 Å². The molecule has 0 N–H and O–H groups in total. The lowest BCUT2D eigenvalue weighted by molar-refractivity contribution is 0.871. The van der Waals surface area contributed by atoms with Crippen molar-refractivity contribution < 1.29 is 0 Å². The summed E-state index contributed by atoms with van der Waals surface area (Å²) in [5, 5.41) is 0.422. The Kier molecular flexibility index (Phi) is 6.14. The van der Waals surface area contributed by atoms with Crippen molar-refractivity contribution in [1.82, 2.24) is 0 Å². The molecule has 0 fully saturated rings. The van der Waals surface area contributed by atoms with Crippen LogP contribution in [0.2, 0.25) is 0 Å². The first kappa shape index (κ1) is 13.8. The molecule has 1 atom stereocenters. The summed E-state index contributed by atoms with van der Waals surface area (Å²) < 4.78 is 0. The van der Waals surface area contributed by atoms with Gasteiger partial charge in [0.2, 0.25) is 0 Å². The van der Waals surface area contributed by atoms with Gasteiger partial charge in [-0.15, -0.1) is 0 Å². The van der Waals surface area contributed by atoms with Gasteiger partial charge in [-0.25, -0.2) is 0 Å². The molecule has 0 saturated heterocycles. The van der Waals surface area contributed by atoms with Crippen molar-refractivity contribution in [3.8, 4) is 0 Å². The number of thiol groups is 2. The number of benzene rings is 1. The summed E-state index contributed by atoms with van der Waals surface area (Å²) in [5.41, 5.74) is 2.64. The Bertz CT molecular complexity index is 295. The fourth-order valence-electron chi connectivity index (χ4n) is 1.77. The second kappa shape index (κ2) is 7.13. The highest BCUT2D eigenvalue weighted by Gasteiger charge is 2.03. The van der Waals surface area contributed by atoms with Crippen LogP contribution in [0.3, 0.4) is 0 Å². The monoisotopic (exact) mass is 255 g/mol. The predicted octanol–water partition coefficient (Wildman–Crippen LogP) is 3.30. The quantitative estimate of drug-likeness (QED) is 0.738. The van der Waals surface area contributed by atoms with E-state index in [-0.39, 0.29) is 0 Å². The molecule has 0 heterocycles. The predicted molar refractivity (Wildman–Crippen MR) is 80.3 cm³/mol. The Balaban J connectivity index is 2.69. The average Bonchev–Trinajstić information content (AvgIpc) is 2.26. The second-order valence-electron chi connectivity index (χ2n) is 4.02. The van der Waals surface area contributed by atoms with Crippen LogP contribution in [-0.4, -0.2) is 24.1 Å². The van der Waals surface area contributed by atoms with E-state index in [1.54, 1.807) is 0 Å². The van der Waals surface area contributed by atoms with E-state index in [4.69, 9.17) is 0 Å². The molecule has 0 spiro atoms. The lowest BCUT2D eigenvalue weighted by atomic mass is 10.1. The van der Waals surface area contributed by atoms with E-state index in [9.17, 15) is 0 Å². The normalized spacial score (nSPS) is 12.5. The molecule has 0 saturated carbocycles. The van der Waals surface area contributed by atoms with Crippen LogP contribution in [0.4, 0.5) is 5.69 Å². The summed E-state index contributed by atoms with van der Waals surface area (Å²) in [6.07, 6.45) is 1.03. The number of hydrogen-bond acceptors (Lipinski definition) is 3. The Morgan fingerprint density at radius 1 is 1.25 bits per heavy atom. The van der Waals surface area contributed by atoms with E-state index in [2.05, 4.69) is 68.3 Å². The van der Waals surface area contributed by atoms with Gasteiger partial charge >= 0.3 is 0 Å². The second-order valence-corrected chi connectivity index (χ2v) is 5.35. The zero-order valence-electron chi connectivity index (χ0n) is 10.1. The molecule has 3 heteroatoms. The molecule has 16 heavy (non-hydrogen) atoms. The highest BCUT2D eigenvalue weighted by atomic mass is 32.1. The molecule has 0 aliphatic carbocycles. The molecule has 90 valence electrons. The minimum absolute atomic E-state index is 0.422. The molecule has 1 aromatic carbocycles. The van der Waals surface area contributed by atoms with E-state index in [0.29, 0.717) is 5.25 Å². The van der Waals surface area contributed by atoms with Crippen molar-refractivity contribution in [3.63, 3.8) is 0 Å². The van der Waals surface area contributed by atoms with Crippen molar-refractivity contribution in [3.05, 3.63) is 29.8 Å². The standard InChI is InChI=1S/C13H21NS2/c1-3-14(8-9-15)13-6-4-12(5-7-13)10-11(2)16/h4-7,11,15-16H,3,8-10H2,1-2H3. The molecule has 0 aromatic heterocycles. The highest BCUT2D eigenvalue weighted by molar-refractivity contribution is 7.80. The van der Waals surface area contributed by atoms with Crippen LogP contribution in [0.1, 0.15) is 19.4 Å². The molecule has 0 amide bonds. The zero-order chi connectivity index (χ0) is 12.0. The van der Waals surface area contributed by atoms with Crippen molar-refractivity contribution in [2.75, 3.05) is 23.7 Å². The first-order valence-electron chi connectivity index (χ1n) is 5.80. The summed E-state index contributed by atoms with van der Waals surface area (Å²) in [6.45, 7) is 6.33. The molecular weight excluding hydrogens is 234 g/mol. The molecule has 1 rings (SSSR count). The van der Waals surface area contributed by atoms with Crippen LogP contribution in [0.15, 0.2) is 24.3 Å². The minimum Gasteiger partial charge on any atom is -0.371 e. The van der Waals surface area contributed by atoms with Gasteiger partial charge in [0.25, 0.3) is 0 Å². The molecule has 1 unspecified atom stereocenters. The maximum absolute atomic E-state index is 4.41. The lowest BCUT2D eigenvalue weighted by Gasteiger charge is -2.22. The smallest absolute Gasteiger partial charge is 0.0366 e. The fraction of sp³-hybridized carbons (Fsp3) is 0.538. The van der Waals surface area contributed by atoms with E-state index in [1.807, 2.05) is 0 Å². The van der Waals surface area contributed by atoms with E-state index >= 15 is 0 Å². The number of anilines is 1. The van der Waals surface area contributed by atoms with Crippen LogP contribution >= 0.6 is 25.3 Å². The maximum atomic E-state index is 4.41. The van der Waals surface area contributed by atoms with Gasteiger partial charge in [0.1, 0.15) is 0 Å². The van der Waals surface area contributed by atoms with Crippen LogP contribution in [0, 0.1) is 0 Å². The summed E-state index contributed by atoms with van der Waals surface area (Å²) in [5.74, 6) is 0.892. The van der Waals surface area contributed by atoms with Gasteiger partial charge in [0.05, 0.1) is 0 Å². The molecule has 0 aliphatic rings. The first-order chi connectivity index (χ1) is 7.67. The highest BCUT2D eigenvalue weighted by Crippen LogP contribution is 2.16. The van der Waals surface area contributed by atoms with Crippen LogP contribution in [0.5, 0.6) is 0 Å². The topological polar surface area (TPSA) is 3.24 Å². The molecule has 1 aromatic rings. The van der Waals surface area contributed by atoms with Gasteiger partial charge in [-0.2, -0.15) is 25.3 Å². The summed E-state index contributed by atoms with van der Waals surface area (Å²) in [4.78, 5) is 2.33. The molecule has 0 bridgehead atoms. The van der Waals surface area contributed by atoms with Crippen LogP contribution < -0.4 is 4.90 Å². The summed E-state index contributed by atoms with van der Waals surface area (Å²) >= 11 is 8.69. The van der Waals surface area contributed by atoms with Gasteiger partial charge < -0.3 is 4.90 Å². The van der Waals surface area contributed by atoms with Crippen LogP contribution in [0.25, 0.3) is 0 Å². The Labute approximate surface area is 110 Å². The Hall–Kier alpha value is -0.280. The molecule has 0 radical (unpaired) electrons. The molecule has 0 aliphatic heterocycles. The van der Waals surface area contributed by atoms with Crippen molar-refractivity contribution in [2.45, 2.75) is 25.5 Å². The Morgan fingerprint density at radius 2 is 1.88 bits per heavy atom. The maximum Gasteiger partial charge on any atom is 0.0366 e. The number of hydrogen-bond donors (Lipinski definition) is 2. The zero-order valence-corrected chi connectivity index (χ0v) is 11.8. The Morgan fingerprint density at radius 3 is 2.31 bits per heavy atom. The van der Waals surface area contributed by atoms with Gasteiger partial charge in [0.15, 0.2) is 0 Å². The van der Waals surface area contributed by atoms with Crippen molar-refractivity contribution in [2.24, 2.45) is 0 Å². The number of nitrogens with zero attached hydrogens (tertiary/aromatic N) is 1. The van der Waals surface area contributed by atoms with E-state index < -0.39 is 0 Å². The minimum atomic E-state index is 0.422. The molecular formula is C13H21NS2. The lowest BCUT2D eigenvalue weighted by Crippen LogP contribution is -2.24. The third-order valence-corrected chi connectivity index (χ3v) is 2.97. The third kappa shape index (κ3) is 4.30. The van der Waals surface area contributed by atoms with Crippen LogP contribution in [-0.2, 0) is 6.42 Å². The van der Waals surface area contributed by atoms with Crippen molar-refractivity contribution in [1.29, 1.82) is 0 Å². The van der Waals surface area contributed by atoms with Gasteiger partial charge in [-0.1, -0.05) is 19.1 Å². The fourth-order valence-corrected chi connectivity index (χ4v) is 2.23. The van der Waals surface area contributed by atoms with Gasteiger partial charge in [-0.3, -0.25) is 0 Å². The van der Waals surface area contributed by atoms with E-state index in [0.717, 1.165) is 25.3 Å². The SMILES string of the molecule is CCN(CCS)c1ccc(CC(C)S)cc1. The third-order valence-electron chi connectivity index (χ3n) is 2.58. The summed E-state index contributed by atoms with van der Waals surface area (Å²) in [7, 11) is 0. The van der Waals surface area contributed by atoms with Crippen molar-refractivity contribution >= 4 is 30.9 Å². The average molecular weight is 255 g/mol. The molecule has 1 nitrogen and oxygen atoms in total. The number of rotatable bonds is 6. The summed E-state index contributed by atoms with van der Waals surface area (Å²) in [6, 6.07) is 8.78. The van der Waals surface area contributed by atoms with Gasteiger partial charge in [-0.05, 0) is 31.0 Å². The largest absolute Gasteiger partial charge is 0.371 e. The van der Waals surface area contributed by atoms with E-state index in [1.165, 1.54) is 11.3 Å². The first-order valence-corrected chi connectivity index (χ1v) is 6.95.